The molecule has 0 spiro atoms. The van der Waals surface area contributed by atoms with Crippen LogP contribution in [0.15, 0.2) is 24.3 Å². The van der Waals surface area contributed by atoms with Gasteiger partial charge in [0.2, 0.25) is 0 Å². The number of nitrogens with zero attached hydrogens (tertiary/aromatic N) is 1. The van der Waals surface area contributed by atoms with Crippen LogP contribution < -0.4 is 5.73 Å². The molecule has 0 bridgehead atoms. The minimum absolute atomic E-state index is 0.111. The molecule has 0 radical (unpaired) electrons. The maximum atomic E-state index is 12.4. The number of amides is 1. The molecule has 0 heterocycles. The third kappa shape index (κ3) is 4.57. The van der Waals surface area contributed by atoms with Crippen molar-refractivity contribution in [3.63, 3.8) is 0 Å². The molecule has 6 heteroatoms. The zero-order chi connectivity index (χ0) is 14.3. The van der Waals surface area contributed by atoms with Gasteiger partial charge in [-0.2, -0.15) is 0 Å². The third-order valence-corrected chi connectivity index (χ3v) is 2.68. The number of hydrogen-bond donors (Lipinski definition) is 2. The molecule has 0 unspecified atom stereocenters. The van der Waals surface area contributed by atoms with E-state index in [0.29, 0.717) is 18.5 Å². The van der Waals surface area contributed by atoms with E-state index in [4.69, 9.17) is 10.8 Å². The van der Waals surface area contributed by atoms with Crippen LogP contribution in [-0.4, -0.2) is 48.6 Å². The van der Waals surface area contributed by atoms with Gasteiger partial charge in [0.1, 0.15) is 0 Å². The summed E-state index contributed by atoms with van der Waals surface area (Å²) in [5, 5.41) is 8.86. The molecule has 1 rings (SSSR count). The van der Waals surface area contributed by atoms with Crippen molar-refractivity contribution < 1.29 is 18.7 Å². The highest BCUT2D eigenvalue weighted by molar-refractivity contribution is 5.95. The van der Waals surface area contributed by atoms with Crippen molar-refractivity contribution >= 4 is 5.91 Å². The molecule has 1 aromatic rings. The number of aliphatic hydroxyl groups is 1. The summed E-state index contributed by atoms with van der Waals surface area (Å²) in [5.41, 5.74) is 6.55. The van der Waals surface area contributed by atoms with Crippen LogP contribution in [0.5, 0.6) is 0 Å². The Morgan fingerprint density at radius 3 is 2.63 bits per heavy atom. The highest BCUT2D eigenvalue weighted by Gasteiger charge is 2.21. The largest absolute Gasteiger partial charge is 0.395 e. The summed E-state index contributed by atoms with van der Waals surface area (Å²) in [6, 6.07) is 6.78. The second-order valence-electron chi connectivity index (χ2n) is 4.06. The van der Waals surface area contributed by atoms with Gasteiger partial charge in [-0.25, -0.2) is 8.78 Å². The fourth-order valence-electron chi connectivity index (χ4n) is 1.84. The van der Waals surface area contributed by atoms with Gasteiger partial charge in [-0.15, -0.1) is 0 Å². The molecule has 3 N–H and O–H groups in total. The van der Waals surface area contributed by atoms with E-state index in [1.807, 2.05) is 0 Å². The Balaban J connectivity index is 2.95. The van der Waals surface area contributed by atoms with Crippen molar-refractivity contribution in [3.8, 4) is 0 Å². The quantitative estimate of drug-likeness (QED) is 0.774. The predicted molar refractivity (Wildman–Crippen MR) is 68.2 cm³/mol. The summed E-state index contributed by atoms with van der Waals surface area (Å²) >= 11 is 0. The van der Waals surface area contributed by atoms with Crippen molar-refractivity contribution in [2.24, 2.45) is 5.73 Å². The van der Waals surface area contributed by atoms with E-state index in [0.717, 1.165) is 10.5 Å². The van der Waals surface area contributed by atoms with Gasteiger partial charge >= 0.3 is 0 Å². The van der Waals surface area contributed by atoms with E-state index in [1.165, 1.54) is 0 Å². The summed E-state index contributed by atoms with van der Waals surface area (Å²) in [5.74, 6) is -0.501. The van der Waals surface area contributed by atoms with E-state index >= 15 is 0 Å². The number of rotatable bonds is 7. The summed E-state index contributed by atoms with van der Waals surface area (Å²) < 4.78 is 24.9. The van der Waals surface area contributed by atoms with E-state index in [9.17, 15) is 13.6 Å². The van der Waals surface area contributed by atoms with Crippen LogP contribution in [0.3, 0.4) is 0 Å². The van der Waals surface area contributed by atoms with Gasteiger partial charge in [0.05, 0.1) is 13.2 Å². The van der Waals surface area contributed by atoms with Gasteiger partial charge in [-0.3, -0.25) is 4.79 Å². The molecule has 0 aliphatic rings. The maximum absolute atomic E-state index is 12.4. The van der Waals surface area contributed by atoms with Crippen LogP contribution in [0.25, 0.3) is 0 Å². The molecule has 0 aliphatic carbocycles. The number of carbonyl (C=O) groups excluding carboxylic acids is 1. The SMILES string of the molecule is NCCc1ccccc1C(=O)N(CCO)CC(F)F. The average molecular weight is 272 g/mol. The predicted octanol–water partition coefficient (Wildman–Crippen LogP) is 0.887. The summed E-state index contributed by atoms with van der Waals surface area (Å²) in [6.07, 6.45) is -2.12. The molecule has 1 amide bonds. The Hall–Kier alpha value is -1.53. The van der Waals surface area contributed by atoms with Crippen molar-refractivity contribution in [3.05, 3.63) is 35.4 Å². The van der Waals surface area contributed by atoms with E-state index in [2.05, 4.69) is 0 Å². The van der Waals surface area contributed by atoms with Crippen molar-refractivity contribution in [2.75, 3.05) is 26.2 Å². The number of nitrogens with two attached hydrogens (primary N) is 1. The first-order valence-electron chi connectivity index (χ1n) is 6.06. The molecule has 19 heavy (non-hydrogen) atoms. The molecule has 4 nitrogen and oxygen atoms in total. The van der Waals surface area contributed by atoms with E-state index in [1.54, 1.807) is 24.3 Å². The number of benzene rings is 1. The van der Waals surface area contributed by atoms with Crippen LogP contribution >= 0.6 is 0 Å². The molecule has 0 saturated heterocycles. The maximum Gasteiger partial charge on any atom is 0.255 e. The average Bonchev–Trinajstić information content (AvgIpc) is 2.38. The fourth-order valence-corrected chi connectivity index (χ4v) is 1.84. The molecule has 0 saturated carbocycles. The van der Waals surface area contributed by atoms with Gasteiger partial charge < -0.3 is 15.7 Å². The molecule has 0 atom stereocenters. The first-order valence-corrected chi connectivity index (χ1v) is 6.06. The lowest BCUT2D eigenvalue weighted by Gasteiger charge is -2.22. The second kappa shape index (κ2) is 7.81. The highest BCUT2D eigenvalue weighted by Crippen LogP contribution is 2.13. The number of carbonyl (C=O) groups is 1. The van der Waals surface area contributed by atoms with E-state index in [-0.39, 0.29) is 13.2 Å². The van der Waals surface area contributed by atoms with Gasteiger partial charge in [0.15, 0.2) is 0 Å². The molecule has 106 valence electrons. The van der Waals surface area contributed by atoms with Crippen molar-refractivity contribution in [1.29, 1.82) is 0 Å². The molecule has 0 aromatic heterocycles. The molecular formula is C13H18F2N2O2. The minimum Gasteiger partial charge on any atom is -0.395 e. The zero-order valence-electron chi connectivity index (χ0n) is 10.6. The Morgan fingerprint density at radius 1 is 1.37 bits per heavy atom. The Kier molecular flexibility index (Phi) is 6.38. The normalized spacial score (nSPS) is 10.8. The van der Waals surface area contributed by atoms with Crippen molar-refractivity contribution in [2.45, 2.75) is 12.8 Å². The third-order valence-electron chi connectivity index (χ3n) is 2.68. The van der Waals surface area contributed by atoms with Gasteiger partial charge in [0.25, 0.3) is 12.3 Å². The fraction of sp³-hybridized carbons (Fsp3) is 0.462. The van der Waals surface area contributed by atoms with Gasteiger partial charge in [-0.05, 0) is 24.6 Å². The van der Waals surface area contributed by atoms with E-state index < -0.39 is 18.9 Å². The molecular weight excluding hydrogens is 254 g/mol. The van der Waals surface area contributed by atoms with Gasteiger partial charge in [-0.1, -0.05) is 18.2 Å². The van der Waals surface area contributed by atoms with Crippen LogP contribution in [0.2, 0.25) is 0 Å². The Morgan fingerprint density at radius 2 is 2.05 bits per heavy atom. The lowest BCUT2D eigenvalue weighted by molar-refractivity contribution is 0.0508. The summed E-state index contributed by atoms with van der Waals surface area (Å²) in [7, 11) is 0. The Labute approximate surface area is 110 Å². The lowest BCUT2D eigenvalue weighted by Crippen LogP contribution is -2.37. The molecule has 0 aliphatic heterocycles. The number of halogens is 2. The zero-order valence-corrected chi connectivity index (χ0v) is 10.6. The standard InChI is InChI=1S/C13H18F2N2O2/c14-12(15)9-17(7-8-18)13(19)11-4-2-1-3-10(11)5-6-16/h1-4,12,18H,5-9,16H2. The first kappa shape index (κ1) is 15.5. The number of hydrogen-bond acceptors (Lipinski definition) is 3. The van der Waals surface area contributed by atoms with Gasteiger partial charge in [0, 0.05) is 12.1 Å². The summed E-state index contributed by atoms with van der Waals surface area (Å²) in [6.45, 7) is -0.771. The second-order valence-corrected chi connectivity index (χ2v) is 4.06. The van der Waals surface area contributed by atoms with Crippen LogP contribution in [-0.2, 0) is 6.42 Å². The smallest absolute Gasteiger partial charge is 0.255 e. The Bertz CT molecular complexity index is 413. The summed E-state index contributed by atoms with van der Waals surface area (Å²) in [4.78, 5) is 13.2. The number of aliphatic hydroxyl groups excluding tert-OH is 1. The lowest BCUT2D eigenvalue weighted by atomic mass is 10.0. The minimum atomic E-state index is -2.63. The monoisotopic (exact) mass is 272 g/mol. The number of alkyl halides is 2. The molecule has 1 aromatic carbocycles. The highest BCUT2D eigenvalue weighted by atomic mass is 19.3. The van der Waals surface area contributed by atoms with Crippen LogP contribution in [0.1, 0.15) is 15.9 Å². The topological polar surface area (TPSA) is 66.6 Å². The van der Waals surface area contributed by atoms with Crippen LogP contribution in [0, 0.1) is 0 Å². The van der Waals surface area contributed by atoms with Crippen LogP contribution in [0.4, 0.5) is 8.78 Å². The molecule has 0 fully saturated rings. The first-order chi connectivity index (χ1) is 9.10. The van der Waals surface area contributed by atoms with Crippen molar-refractivity contribution in [1.82, 2.24) is 4.90 Å².